The Balaban J connectivity index is 2.13. The maximum Gasteiger partial charge on any atom is 0.263 e. The Bertz CT molecular complexity index is 525. The first kappa shape index (κ1) is 12.7. The van der Waals surface area contributed by atoms with E-state index in [0.29, 0.717) is 12.0 Å². The summed E-state index contributed by atoms with van der Waals surface area (Å²) in [5, 5.41) is 14.0. The number of rotatable bonds is 4. The molecule has 0 saturated heterocycles. The van der Waals surface area contributed by atoms with Crippen molar-refractivity contribution in [3.63, 3.8) is 0 Å². The number of benzene rings is 1. The Labute approximate surface area is 104 Å². The molecule has 3 nitrogen and oxygen atoms in total. The second-order valence-electron chi connectivity index (χ2n) is 4.21. The summed E-state index contributed by atoms with van der Waals surface area (Å²) in [6.45, 7) is 0. The lowest BCUT2D eigenvalue weighted by Crippen LogP contribution is -2.02. The van der Waals surface area contributed by atoms with Crippen molar-refractivity contribution in [2.45, 2.75) is 19.0 Å². The van der Waals surface area contributed by atoms with Crippen LogP contribution in [0.5, 0.6) is 0 Å². The van der Waals surface area contributed by atoms with E-state index in [1.165, 1.54) is 18.2 Å². The number of aryl methyl sites for hydroxylation is 1. The maximum atomic E-state index is 12.5. The van der Waals surface area contributed by atoms with Gasteiger partial charge in [-0.2, -0.15) is 5.10 Å². The van der Waals surface area contributed by atoms with Gasteiger partial charge in [0.25, 0.3) is 6.43 Å². The van der Waals surface area contributed by atoms with Gasteiger partial charge in [0, 0.05) is 25.2 Å². The first-order valence-electron chi connectivity index (χ1n) is 5.60. The first-order valence-corrected chi connectivity index (χ1v) is 5.60. The molecule has 1 atom stereocenters. The Kier molecular flexibility index (Phi) is 3.72. The van der Waals surface area contributed by atoms with Gasteiger partial charge in [0.2, 0.25) is 0 Å². The van der Waals surface area contributed by atoms with Gasteiger partial charge in [-0.3, -0.25) is 4.68 Å². The first-order chi connectivity index (χ1) is 8.56. The van der Waals surface area contributed by atoms with E-state index in [2.05, 4.69) is 5.10 Å². The monoisotopic (exact) mass is 252 g/mol. The number of hydrogen-bond acceptors (Lipinski definition) is 2. The molecule has 2 aromatic rings. The molecule has 0 bridgehead atoms. The predicted octanol–water partition coefficient (Wildman–Crippen LogP) is 2.63. The molecule has 1 N–H and O–H groups in total. The van der Waals surface area contributed by atoms with Gasteiger partial charge < -0.3 is 5.11 Å². The van der Waals surface area contributed by atoms with Crippen molar-refractivity contribution >= 4 is 0 Å². The zero-order chi connectivity index (χ0) is 13.1. The third-order valence-corrected chi connectivity index (χ3v) is 2.73. The van der Waals surface area contributed by atoms with Crippen molar-refractivity contribution in [2.75, 3.05) is 0 Å². The SMILES string of the molecule is Cn1cc(CC(O)c2cccc(C(F)F)c2)cn1. The summed E-state index contributed by atoms with van der Waals surface area (Å²) < 4.78 is 26.7. The number of aliphatic hydroxyl groups is 1. The standard InChI is InChI=1S/C13H14F2N2O/c1-17-8-9(7-16-17)5-12(18)10-3-2-4-11(6-10)13(14)15/h2-4,6-8,12-13,18H,5H2,1H3. The number of nitrogens with zero attached hydrogens (tertiary/aromatic N) is 2. The quantitative estimate of drug-likeness (QED) is 0.908. The van der Waals surface area contributed by atoms with Crippen LogP contribution in [0, 0.1) is 0 Å². The van der Waals surface area contributed by atoms with Gasteiger partial charge in [-0.25, -0.2) is 8.78 Å². The van der Waals surface area contributed by atoms with Gasteiger partial charge >= 0.3 is 0 Å². The van der Waals surface area contributed by atoms with Crippen molar-refractivity contribution in [3.05, 3.63) is 53.3 Å². The van der Waals surface area contributed by atoms with Crippen molar-refractivity contribution in [2.24, 2.45) is 7.05 Å². The van der Waals surface area contributed by atoms with Crippen LogP contribution >= 0.6 is 0 Å². The zero-order valence-electron chi connectivity index (χ0n) is 9.92. The maximum absolute atomic E-state index is 12.5. The number of hydrogen-bond donors (Lipinski definition) is 1. The second kappa shape index (κ2) is 5.27. The fourth-order valence-corrected chi connectivity index (χ4v) is 1.82. The summed E-state index contributed by atoms with van der Waals surface area (Å²) in [5.74, 6) is 0. The van der Waals surface area contributed by atoms with Crippen molar-refractivity contribution < 1.29 is 13.9 Å². The lowest BCUT2D eigenvalue weighted by atomic mass is 10.0. The molecule has 0 aliphatic heterocycles. The lowest BCUT2D eigenvalue weighted by Gasteiger charge is -2.11. The van der Waals surface area contributed by atoms with E-state index in [-0.39, 0.29) is 5.56 Å². The second-order valence-corrected chi connectivity index (χ2v) is 4.21. The van der Waals surface area contributed by atoms with Gasteiger partial charge in [-0.15, -0.1) is 0 Å². The number of aromatic nitrogens is 2. The fourth-order valence-electron chi connectivity index (χ4n) is 1.82. The molecule has 2 rings (SSSR count). The van der Waals surface area contributed by atoms with Gasteiger partial charge in [0.1, 0.15) is 0 Å². The van der Waals surface area contributed by atoms with Crippen molar-refractivity contribution in [3.8, 4) is 0 Å². The summed E-state index contributed by atoms with van der Waals surface area (Å²) in [7, 11) is 1.79. The molecule has 0 amide bonds. The van der Waals surface area contributed by atoms with E-state index in [9.17, 15) is 13.9 Å². The normalized spacial score (nSPS) is 12.9. The number of alkyl halides is 2. The van der Waals surface area contributed by atoms with Crippen LogP contribution in [0.3, 0.4) is 0 Å². The molecule has 0 radical (unpaired) electrons. The Hall–Kier alpha value is -1.75. The molecule has 0 fully saturated rings. The van der Waals surface area contributed by atoms with Crippen LogP contribution in [0.1, 0.15) is 29.2 Å². The highest BCUT2D eigenvalue weighted by atomic mass is 19.3. The van der Waals surface area contributed by atoms with Crippen LogP contribution < -0.4 is 0 Å². The summed E-state index contributed by atoms with van der Waals surface area (Å²) >= 11 is 0. The highest BCUT2D eigenvalue weighted by Gasteiger charge is 2.13. The lowest BCUT2D eigenvalue weighted by molar-refractivity contribution is 0.149. The molecule has 0 aliphatic rings. The van der Waals surface area contributed by atoms with Crippen LogP contribution in [-0.2, 0) is 13.5 Å². The molecule has 1 heterocycles. The minimum Gasteiger partial charge on any atom is -0.388 e. The Morgan fingerprint density at radius 3 is 2.67 bits per heavy atom. The van der Waals surface area contributed by atoms with E-state index < -0.39 is 12.5 Å². The van der Waals surface area contributed by atoms with Crippen molar-refractivity contribution in [1.82, 2.24) is 9.78 Å². The molecule has 1 unspecified atom stereocenters. The average molecular weight is 252 g/mol. The van der Waals surface area contributed by atoms with Crippen molar-refractivity contribution in [1.29, 1.82) is 0 Å². The average Bonchev–Trinajstić information content (AvgIpc) is 2.75. The van der Waals surface area contributed by atoms with Gasteiger partial charge in [0.15, 0.2) is 0 Å². The summed E-state index contributed by atoms with van der Waals surface area (Å²) in [5.41, 5.74) is 1.29. The Morgan fingerprint density at radius 2 is 2.06 bits per heavy atom. The largest absolute Gasteiger partial charge is 0.388 e. The third-order valence-electron chi connectivity index (χ3n) is 2.73. The topological polar surface area (TPSA) is 38.0 Å². The molecular weight excluding hydrogens is 238 g/mol. The van der Waals surface area contributed by atoms with Gasteiger partial charge in [0.05, 0.1) is 12.3 Å². The number of halogens is 2. The highest BCUT2D eigenvalue weighted by molar-refractivity contribution is 5.27. The molecule has 0 aliphatic carbocycles. The molecular formula is C13H14F2N2O. The fraction of sp³-hybridized carbons (Fsp3) is 0.308. The summed E-state index contributed by atoms with van der Waals surface area (Å²) in [6, 6.07) is 5.87. The highest BCUT2D eigenvalue weighted by Crippen LogP contribution is 2.24. The van der Waals surface area contributed by atoms with Crippen LogP contribution in [0.2, 0.25) is 0 Å². The minimum absolute atomic E-state index is 0.0715. The minimum atomic E-state index is -2.52. The summed E-state index contributed by atoms with van der Waals surface area (Å²) in [6.07, 6.45) is 0.490. The molecule has 0 saturated carbocycles. The van der Waals surface area contributed by atoms with Crippen LogP contribution in [0.15, 0.2) is 36.7 Å². The molecule has 1 aromatic heterocycles. The van der Waals surface area contributed by atoms with Crippen LogP contribution in [0.4, 0.5) is 8.78 Å². The van der Waals surface area contributed by atoms with Gasteiger partial charge in [-0.05, 0) is 17.2 Å². The van der Waals surface area contributed by atoms with E-state index in [1.807, 2.05) is 0 Å². The molecule has 1 aromatic carbocycles. The molecule has 18 heavy (non-hydrogen) atoms. The van der Waals surface area contributed by atoms with E-state index in [4.69, 9.17) is 0 Å². The van der Waals surface area contributed by atoms with Crippen LogP contribution in [0.25, 0.3) is 0 Å². The zero-order valence-corrected chi connectivity index (χ0v) is 9.92. The van der Waals surface area contributed by atoms with E-state index in [1.54, 1.807) is 30.2 Å². The molecule has 5 heteroatoms. The molecule has 96 valence electrons. The summed E-state index contributed by atoms with van der Waals surface area (Å²) in [4.78, 5) is 0. The predicted molar refractivity (Wildman–Crippen MR) is 63.3 cm³/mol. The third kappa shape index (κ3) is 2.92. The van der Waals surface area contributed by atoms with E-state index >= 15 is 0 Å². The van der Waals surface area contributed by atoms with E-state index in [0.717, 1.165) is 5.56 Å². The smallest absolute Gasteiger partial charge is 0.263 e. The molecule has 0 spiro atoms. The number of aliphatic hydroxyl groups excluding tert-OH is 1. The van der Waals surface area contributed by atoms with Gasteiger partial charge in [-0.1, -0.05) is 18.2 Å². The van der Waals surface area contributed by atoms with Crippen LogP contribution in [-0.4, -0.2) is 14.9 Å². The Morgan fingerprint density at radius 1 is 1.33 bits per heavy atom.